The molecule has 110 heavy (non-hydrogen) atoms. The third kappa shape index (κ3) is 15.5. The van der Waals surface area contributed by atoms with E-state index in [-0.39, 0.29) is 56.2 Å². The van der Waals surface area contributed by atoms with Crippen LogP contribution >= 0.6 is 12.9 Å². The van der Waals surface area contributed by atoms with Crippen LogP contribution in [0.3, 0.4) is 0 Å². The van der Waals surface area contributed by atoms with Gasteiger partial charge in [-0.15, -0.1) is 0 Å². The average molecular weight is 1520 g/mol. The van der Waals surface area contributed by atoms with Crippen LogP contribution in [0, 0.1) is 52.3 Å². The first-order valence-corrected chi connectivity index (χ1v) is 39.3. The van der Waals surface area contributed by atoms with Gasteiger partial charge in [0.25, 0.3) is 0 Å². The molecule has 6 aromatic carbocycles. The van der Waals surface area contributed by atoms with Gasteiger partial charge >= 0.3 is 35.8 Å². The van der Waals surface area contributed by atoms with E-state index in [4.69, 9.17) is 70.5 Å². The monoisotopic (exact) mass is 1520 g/mol. The number of allylic oxidation sites excluding steroid dienone is 1. The second-order valence-electron chi connectivity index (χ2n) is 32.0. The van der Waals surface area contributed by atoms with Crippen molar-refractivity contribution in [2.24, 2.45) is 52.3 Å². The summed E-state index contributed by atoms with van der Waals surface area (Å²) in [4.78, 5) is 87.9. The highest BCUT2D eigenvalue weighted by molar-refractivity contribution is 7.75. The molecule has 0 aromatic heterocycles. The van der Waals surface area contributed by atoms with Gasteiger partial charge in [0.05, 0.1) is 71.0 Å². The molecule has 6 aromatic rings. The topological polar surface area (TPSA) is 241 Å². The van der Waals surface area contributed by atoms with E-state index < -0.39 is 146 Å². The molecular weight excluding hydrogens is 1430 g/mol. The summed E-state index contributed by atoms with van der Waals surface area (Å²) in [5.41, 5.74) is 2.18. The van der Waals surface area contributed by atoms with Gasteiger partial charge in [-0.1, -0.05) is 155 Å². The normalized spacial score (nSPS) is 37.0. The molecule has 0 bridgehead atoms. The van der Waals surface area contributed by atoms with Crippen molar-refractivity contribution in [3.05, 3.63) is 227 Å². The number of benzene rings is 6. The predicted octanol–water partition coefficient (Wildman–Crippen LogP) is 14.6. The molecule has 0 N–H and O–H groups in total. The Morgan fingerprint density at radius 1 is 0.455 bits per heavy atom. The summed E-state index contributed by atoms with van der Waals surface area (Å²) in [6.07, 6.45) is -10.8. The maximum Gasteiger partial charge on any atom is 0.338 e. The van der Waals surface area contributed by atoms with E-state index in [1.807, 2.05) is 0 Å². The van der Waals surface area contributed by atoms with Crippen LogP contribution in [-0.4, -0.2) is 153 Å². The van der Waals surface area contributed by atoms with Gasteiger partial charge in [-0.25, -0.2) is 28.8 Å². The highest BCUT2D eigenvalue weighted by Gasteiger charge is 2.69. The van der Waals surface area contributed by atoms with Gasteiger partial charge in [0.1, 0.15) is 18.3 Å². The molecule has 6 unspecified atom stereocenters. The molecule has 1 spiro atoms. The lowest BCUT2D eigenvalue weighted by molar-refractivity contribution is -0.384. The van der Waals surface area contributed by atoms with Crippen LogP contribution in [0.25, 0.3) is 0 Å². The number of carbonyl (C=O) groups is 6. The van der Waals surface area contributed by atoms with Crippen LogP contribution in [0.2, 0.25) is 0 Å². The van der Waals surface area contributed by atoms with E-state index in [1.54, 1.807) is 191 Å². The molecule has 5 heterocycles. The Bertz CT molecular complexity index is 4230. The molecule has 3 saturated carbocycles. The zero-order valence-electron chi connectivity index (χ0n) is 63.0. The van der Waals surface area contributed by atoms with Gasteiger partial charge < -0.3 is 70.5 Å². The molecular formula is C88H98O21S. The molecule has 582 valence electrons. The Kier molecular flexibility index (Phi) is 23.1. The summed E-state index contributed by atoms with van der Waals surface area (Å²) in [5, 5.41) is 0. The number of ether oxygens (including phenoxy) is 14. The third-order valence-corrected chi connectivity index (χ3v) is 25.6. The molecule has 0 amide bonds. The summed E-state index contributed by atoms with van der Waals surface area (Å²) < 4.78 is 102. The van der Waals surface area contributed by atoms with E-state index in [0.717, 1.165) is 51.6 Å². The van der Waals surface area contributed by atoms with Crippen LogP contribution < -0.4 is 0 Å². The van der Waals surface area contributed by atoms with Crippen LogP contribution in [0.15, 0.2) is 194 Å². The lowest BCUT2D eigenvalue weighted by atomic mass is 9.47. The van der Waals surface area contributed by atoms with Gasteiger partial charge in [-0.2, -0.15) is 0 Å². The van der Waals surface area contributed by atoms with Crippen molar-refractivity contribution in [1.82, 2.24) is 0 Å². The third-order valence-electron chi connectivity index (χ3n) is 25.4. The molecule has 5 saturated heterocycles. The summed E-state index contributed by atoms with van der Waals surface area (Å²) >= 11 is 4.34. The number of rotatable bonds is 20. The summed E-state index contributed by atoms with van der Waals surface area (Å²) in [6, 6.07) is 49.5. The number of hydrogen-bond acceptors (Lipinski definition) is 22. The number of hydrogen-bond donors (Lipinski definition) is 1. The Morgan fingerprint density at radius 2 is 0.891 bits per heavy atom. The smallest absolute Gasteiger partial charge is 0.338 e. The van der Waals surface area contributed by atoms with Gasteiger partial charge in [0, 0.05) is 18.3 Å². The molecule has 22 heteroatoms. The van der Waals surface area contributed by atoms with E-state index in [2.05, 4.69) is 46.7 Å². The zero-order valence-corrected chi connectivity index (χ0v) is 63.9. The van der Waals surface area contributed by atoms with Crippen LogP contribution in [0.4, 0.5) is 0 Å². The van der Waals surface area contributed by atoms with E-state index in [1.165, 1.54) is 17.7 Å². The van der Waals surface area contributed by atoms with Crippen molar-refractivity contribution in [3.63, 3.8) is 0 Å². The lowest BCUT2D eigenvalue weighted by Crippen LogP contribution is -2.68. The zero-order chi connectivity index (χ0) is 76.6. The molecule has 21 nitrogen and oxygen atoms in total. The van der Waals surface area contributed by atoms with Crippen molar-refractivity contribution >= 4 is 48.7 Å². The molecule has 9 aliphatic rings. The highest BCUT2D eigenvalue weighted by atomic mass is 32.1. The summed E-state index contributed by atoms with van der Waals surface area (Å²) in [7, 11) is 0. The second-order valence-corrected chi connectivity index (χ2v) is 32.3. The van der Waals surface area contributed by atoms with Gasteiger partial charge in [0.2, 0.25) is 0 Å². The quantitative estimate of drug-likeness (QED) is 0.0246. The fraction of sp³-hybridized carbons (Fsp3) is 0.500. The van der Waals surface area contributed by atoms with Crippen molar-refractivity contribution < 1.29 is 99.3 Å². The fourth-order valence-electron chi connectivity index (χ4n) is 19.7. The van der Waals surface area contributed by atoms with Crippen molar-refractivity contribution in [2.45, 2.75) is 210 Å². The lowest BCUT2D eigenvalue weighted by Gasteiger charge is -2.59. The Balaban J connectivity index is 0.808. The second kappa shape index (κ2) is 32.9. The van der Waals surface area contributed by atoms with Crippen molar-refractivity contribution in [2.75, 3.05) is 13.2 Å². The Labute approximate surface area is 647 Å². The van der Waals surface area contributed by atoms with E-state index >= 15 is 4.79 Å². The maximum atomic E-state index is 15.4. The predicted molar refractivity (Wildman–Crippen MR) is 402 cm³/mol. The molecule has 15 rings (SSSR count). The Morgan fingerprint density at radius 3 is 1.38 bits per heavy atom. The SMILES string of the molecule is CC1O[C@@H](O[C@H]2C(OC(=O)c3ccccc3)[C@H](O[C@@H]3OC(C)[C@H](OC(=O)c4ccccc4)C(OC(=O)c4ccccc4)[C@@H]3OC(=O)c3ccccc3)C(COS)O[C@H]2O[C@H]2CC[C@@]3(C)C(=CC[C@H]4[C@@H]5C[C@@H]6O[C@]7(CC[C@@H](C)CO7)[C@@H](C)[C@@H]6[C@@]5(C)CC[C@@H]43)C2)[C@@H](OC(=O)c2ccccc2)C(C)[C@H]1OC(=O)c1ccccc1. The molecule has 0 radical (unpaired) electrons. The fourth-order valence-corrected chi connectivity index (χ4v) is 19.8. The van der Waals surface area contributed by atoms with Crippen molar-refractivity contribution in [3.8, 4) is 0 Å². The number of fused-ring (bicyclic) bond motifs is 7. The highest BCUT2D eigenvalue weighted by Crippen LogP contribution is 2.71. The first-order chi connectivity index (χ1) is 53.2. The molecule has 5 aliphatic heterocycles. The van der Waals surface area contributed by atoms with Crippen LogP contribution in [0.5, 0.6) is 0 Å². The number of esters is 6. The minimum atomic E-state index is -1.82. The minimum absolute atomic E-state index is 0.0869. The summed E-state index contributed by atoms with van der Waals surface area (Å²) in [5.74, 6) is -3.69. The van der Waals surface area contributed by atoms with E-state index in [9.17, 15) is 24.0 Å². The molecule has 4 aliphatic carbocycles. The summed E-state index contributed by atoms with van der Waals surface area (Å²) in [6.45, 7) is 15.0. The van der Waals surface area contributed by atoms with Gasteiger partial charge in [-0.3, -0.25) is 0 Å². The van der Waals surface area contributed by atoms with Crippen LogP contribution in [-0.2, 0) is 70.5 Å². The minimum Gasteiger partial charge on any atom is -0.456 e. The van der Waals surface area contributed by atoms with Gasteiger partial charge in [0.15, 0.2) is 61.3 Å². The Hall–Kier alpha value is -8.13. The average Bonchev–Trinajstić information content (AvgIpc) is 1.52. The first-order valence-electron chi connectivity index (χ1n) is 39.0. The van der Waals surface area contributed by atoms with E-state index in [0.29, 0.717) is 42.4 Å². The van der Waals surface area contributed by atoms with Crippen molar-refractivity contribution in [1.29, 1.82) is 0 Å². The largest absolute Gasteiger partial charge is 0.456 e. The van der Waals surface area contributed by atoms with Gasteiger partial charge in [-0.05, 0) is 191 Å². The molecule has 26 atom stereocenters. The molecule has 8 fully saturated rings. The number of thiol groups is 1. The first kappa shape index (κ1) is 77.2. The van der Waals surface area contributed by atoms with Crippen LogP contribution in [0.1, 0.15) is 168 Å². The maximum absolute atomic E-state index is 15.4. The number of carbonyl (C=O) groups excluding carboxylic acids is 6. The standard InChI is InChI=1S/C88H98O21S/c1-50-40-45-88(95-48-50)52(3)68-66(109-88)47-65-63-39-38-61-46-62(41-43-86(61,6)64(63)42-44-87(65,68)7)99-85-76(108-83-70(102-78(90)56-28-16-9-17-29-56)51(2)69(53(4)97-83)101-77(89)55-26-14-8-15-27-55)74(105-81(93)59-34-22-12-23-35-59)72(67(100-85)49-96-110)107-84-75(106-82(94)60-36-24-13-25-37-60)73(104-80(92)58-32-20-11-21-33-58)71(54(5)98-84)103-79(91)57-30-18-10-19-31-57/h8-38,50-54,62-76,83-85,110H,39-49H2,1-7H3/t50-,51?,52+,53?,54?,62+,63-,64+,65+,66+,67?,68+,69-,70+,71+,72-,73?,74?,75+,76+,83+,84+,85-,86+,87+,88-/m1/s1.